The lowest BCUT2D eigenvalue weighted by atomic mass is 9.95. The van der Waals surface area contributed by atoms with Crippen LogP contribution in [0.4, 0.5) is 5.82 Å². The number of para-hydroxylation sites is 2. The minimum Gasteiger partial charge on any atom is -0.478 e. The molecule has 0 bridgehead atoms. The summed E-state index contributed by atoms with van der Waals surface area (Å²) in [4.78, 5) is 24.1. The molecule has 3 aromatic rings. The van der Waals surface area contributed by atoms with Gasteiger partial charge in [0.2, 0.25) is 5.91 Å². The number of fused-ring (bicyclic) bond motifs is 1. The molecule has 1 aromatic heterocycles. The predicted molar refractivity (Wildman–Crippen MR) is 114 cm³/mol. The molecule has 1 amide bonds. The average Bonchev–Trinajstić information content (AvgIpc) is 2.76. The zero-order valence-electron chi connectivity index (χ0n) is 16.9. The van der Waals surface area contributed by atoms with Crippen LogP contribution in [0.25, 0.3) is 11.0 Å². The maximum absolute atomic E-state index is 12.6. The minimum absolute atomic E-state index is 0.0236. The lowest BCUT2D eigenvalue weighted by molar-refractivity contribution is -0.125. The van der Waals surface area contributed by atoms with Crippen LogP contribution in [-0.2, 0) is 11.3 Å². The molecule has 2 heterocycles. The first-order valence-electron chi connectivity index (χ1n) is 10.0. The molecule has 150 valence electrons. The van der Waals surface area contributed by atoms with E-state index in [4.69, 9.17) is 9.72 Å². The van der Waals surface area contributed by atoms with Gasteiger partial charge in [0.05, 0.1) is 18.1 Å². The summed E-state index contributed by atoms with van der Waals surface area (Å²) in [6, 6.07) is 16.0. The minimum atomic E-state index is 0.0236. The van der Waals surface area contributed by atoms with E-state index in [0.29, 0.717) is 12.4 Å². The van der Waals surface area contributed by atoms with Crippen LogP contribution in [0.15, 0.2) is 48.5 Å². The number of nitrogens with zero attached hydrogens (tertiary/aromatic N) is 3. The Balaban J connectivity index is 1.39. The number of carbonyl (C=O) groups excluding carboxylic acids is 1. The van der Waals surface area contributed by atoms with Crippen LogP contribution in [0.1, 0.15) is 24.0 Å². The van der Waals surface area contributed by atoms with Crippen LogP contribution in [0, 0.1) is 12.8 Å². The van der Waals surface area contributed by atoms with Gasteiger partial charge >= 0.3 is 0 Å². The number of benzene rings is 2. The van der Waals surface area contributed by atoms with Crippen molar-refractivity contribution in [1.29, 1.82) is 0 Å². The topological polar surface area (TPSA) is 67.4 Å². The van der Waals surface area contributed by atoms with Gasteiger partial charge in [0.25, 0.3) is 5.88 Å². The van der Waals surface area contributed by atoms with E-state index in [0.717, 1.165) is 48.3 Å². The van der Waals surface area contributed by atoms with Crippen molar-refractivity contribution in [1.82, 2.24) is 15.3 Å². The number of amides is 1. The fourth-order valence-corrected chi connectivity index (χ4v) is 3.83. The first-order valence-corrected chi connectivity index (χ1v) is 10.0. The van der Waals surface area contributed by atoms with E-state index < -0.39 is 0 Å². The molecule has 0 radical (unpaired) electrons. The number of aryl methyl sites for hydroxylation is 1. The Labute approximate surface area is 170 Å². The van der Waals surface area contributed by atoms with Crippen LogP contribution in [-0.4, -0.2) is 36.1 Å². The Morgan fingerprint density at radius 1 is 1.10 bits per heavy atom. The fraction of sp³-hybridized carbons (Fsp3) is 0.348. The number of methoxy groups -OCH3 is 1. The van der Waals surface area contributed by atoms with Gasteiger partial charge in [0.15, 0.2) is 5.82 Å². The van der Waals surface area contributed by atoms with Crippen molar-refractivity contribution in [2.75, 3.05) is 25.1 Å². The number of piperidine rings is 1. The second-order valence-electron chi connectivity index (χ2n) is 7.51. The molecule has 0 unspecified atom stereocenters. The Bertz CT molecular complexity index is 1010. The highest BCUT2D eigenvalue weighted by atomic mass is 16.5. The lowest BCUT2D eigenvalue weighted by Crippen LogP contribution is -2.40. The molecule has 1 saturated heterocycles. The summed E-state index contributed by atoms with van der Waals surface area (Å²) in [5, 5.41) is 3.09. The van der Waals surface area contributed by atoms with Gasteiger partial charge in [0, 0.05) is 25.6 Å². The third-order valence-electron chi connectivity index (χ3n) is 5.43. The van der Waals surface area contributed by atoms with E-state index in [2.05, 4.69) is 34.3 Å². The van der Waals surface area contributed by atoms with Gasteiger partial charge in [-0.3, -0.25) is 4.79 Å². The van der Waals surface area contributed by atoms with Gasteiger partial charge in [-0.05, 0) is 37.5 Å². The Morgan fingerprint density at radius 2 is 1.83 bits per heavy atom. The number of ether oxygens (including phenoxy) is 1. The first kappa shape index (κ1) is 19.2. The van der Waals surface area contributed by atoms with Crippen LogP contribution < -0.4 is 15.0 Å². The number of hydrogen-bond donors (Lipinski definition) is 1. The average molecular weight is 390 g/mol. The maximum Gasteiger partial charge on any atom is 0.257 e. The zero-order valence-corrected chi connectivity index (χ0v) is 16.9. The van der Waals surface area contributed by atoms with Gasteiger partial charge in [-0.15, -0.1) is 0 Å². The highest BCUT2D eigenvalue weighted by Gasteiger charge is 2.27. The molecule has 1 aliphatic rings. The highest BCUT2D eigenvalue weighted by molar-refractivity contribution is 5.79. The van der Waals surface area contributed by atoms with Crippen LogP contribution in [0.5, 0.6) is 5.88 Å². The number of aromatic nitrogens is 2. The van der Waals surface area contributed by atoms with Crippen LogP contribution >= 0.6 is 0 Å². The monoisotopic (exact) mass is 390 g/mol. The summed E-state index contributed by atoms with van der Waals surface area (Å²) in [6.07, 6.45) is 1.58. The molecule has 0 aliphatic carbocycles. The standard InChI is InChI=1S/C23H26N4O2/c1-16-6-5-7-17(14-16)15-24-22(28)18-10-12-27(13-11-18)21-23(29-2)26-20-9-4-3-8-19(20)25-21/h3-9,14,18H,10-13,15H2,1-2H3,(H,24,28). The van der Waals surface area contributed by atoms with Gasteiger partial charge in [-0.25, -0.2) is 9.97 Å². The smallest absolute Gasteiger partial charge is 0.257 e. The van der Waals surface area contributed by atoms with E-state index in [1.54, 1.807) is 7.11 Å². The number of nitrogens with one attached hydrogen (secondary N) is 1. The Kier molecular flexibility index (Phi) is 5.60. The summed E-state index contributed by atoms with van der Waals surface area (Å²) in [5.41, 5.74) is 4.00. The molecule has 1 aliphatic heterocycles. The molecule has 0 atom stereocenters. The lowest BCUT2D eigenvalue weighted by Gasteiger charge is -2.32. The predicted octanol–water partition coefficient (Wildman–Crippen LogP) is 3.48. The number of carbonyl (C=O) groups is 1. The summed E-state index contributed by atoms with van der Waals surface area (Å²) in [7, 11) is 1.62. The van der Waals surface area contributed by atoms with Crippen LogP contribution in [0.3, 0.4) is 0 Å². The van der Waals surface area contributed by atoms with Gasteiger partial charge in [0.1, 0.15) is 0 Å². The van der Waals surface area contributed by atoms with E-state index in [1.807, 2.05) is 36.4 Å². The van der Waals surface area contributed by atoms with Gasteiger partial charge in [-0.1, -0.05) is 42.0 Å². The van der Waals surface area contributed by atoms with Crippen LogP contribution in [0.2, 0.25) is 0 Å². The van der Waals surface area contributed by atoms with Crippen molar-refractivity contribution in [2.24, 2.45) is 5.92 Å². The molecular formula is C23H26N4O2. The number of rotatable bonds is 5. The van der Waals surface area contributed by atoms with Crippen molar-refractivity contribution in [3.8, 4) is 5.88 Å². The van der Waals surface area contributed by atoms with E-state index in [9.17, 15) is 4.79 Å². The molecule has 4 rings (SSSR count). The quantitative estimate of drug-likeness (QED) is 0.722. The Morgan fingerprint density at radius 3 is 2.52 bits per heavy atom. The van der Waals surface area contributed by atoms with Gasteiger partial charge < -0.3 is 15.0 Å². The van der Waals surface area contributed by atoms with Crippen molar-refractivity contribution in [3.63, 3.8) is 0 Å². The summed E-state index contributed by atoms with van der Waals surface area (Å²) < 4.78 is 5.48. The molecule has 1 N–H and O–H groups in total. The largest absolute Gasteiger partial charge is 0.478 e. The highest BCUT2D eigenvalue weighted by Crippen LogP contribution is 2.30. The SMILES string of the molecule is COc1nc2ccccc2nc1N1CCC(C(=O)NCc2cccc(C)c2)CC1. The third-order valence-corrected chi connectivity index (χ3v) is 5.43. The number of hydrogen-bond acceptors (Lipinski definition) is 5. The fourth-order valence-electron chi connectivity index (χ4n) is 3.83. The van der Waals surface area contributed by atoms with Crippen molar-refractivity contribution >= 4 is 22.8 Å². The van der Waals surface area contributed by atoms with Crippen molar-refractivity contribution in [2.45, 2.75) is 26.3 Å². The second kappa shape index (κ2) is 8.47. The third kappa shape index (κ3) is 4.31. The van der Waals surface area contributed by atoms with Gasteiger partial charge in [-0.2, -0.15) is 0 Å². The molecule has 6 nitrogen and oxygen atoms in total. The Hall–Kier alpha value is -3.15. The number of anilines is 1. The van der Waals surface area contributed by atoms with E-state index in [-0.39, 0.29) is 11.8 Å². The summed E-state index contributed by atoms with van der Waals surface area (Å²) in [6.45, 7) is 4.15. The first-order chi connectivity index (χ1) is 14.1. The molecular weight excluding hydrogens is 364 g/mol. The molecule has 1 fully saturated rings. The summed E-state index contributed by atoms with van der Waals surface area (Å²) >= 11 is 0. The van der Waals surface area contributed by atoms with E-state index >= 15 is 0 Å². The molecule has 29 heavy (non-hydrogen) atoms. The molecule has 0 spiro atoms. The summed E-state index contributed by atoms with van der Waals surface area (Å²) in [5.74, 6) is 1.44. The molecule has 6 heteroatoms. The van der Waals surface area contributed by atoms with Crippen molar-refractivity contribution < 1.29 is 9.53 Å². The second-order valence-corrected chi connectivity index (χ2v) is 7.51. The van der Waals surface area contributed by atoms with Crippen molar-refractivity contribution in [3.05, 3.63) is 59.7 Å². The zero-order chi connectivity index (χ0) is 20.2. The molecule has 0 saturated carbocycles. The molecule has 2 aromatic carbocycles. The normalized spacial score (nSPS) is 14.8. The van der Waals surface area contributed by atoms with E-state index in [1.165, 1.54) is 5.56 Å². The maximum atomic E-state index is 12.6.